The Balaban J connectivity index is 1.56. The summed E-state index contributed by atoms with van der Waals surface area (Å²) in [7, 11) is 0. The standard InChI is InChI=1S/C35H43N3/c1-3-4-24-38-33(34(31-16-10-6-11-17-31)36-35(38)32-18-12-7-13-19-32)27-37(25-29-14-8-5-9-15-29)26-30-22-20-28(2)21-23-30/h6-7,10-13,16-23,29H,3-5,8-9,14-15,24-27H2,1-2H3. The normalized spacial score (nSPS) is 14.3. The molecule has 1 aromatic heterocycles. The number of aromatic nitrogens is 2. The smallest absolute Gasteiger partial charge is 0.140 e. The lowest BCUT2D eigenvalue weighted by Crippen LogP contribution is -2.31. The quantitative estimate of drug-likeness (QED) is 0.203. The molecule has 1 heterocycles. The van der Waals surface area contributed by atoms with Gasteiger partial charge in [0.05, 0.1) is 11.4 Å². The van der Waals surface area contributed by atoms with Crippen LogP contribution in [0.4, 0.5) is 0 Å². The van der Waals surface area contributed by atoms with Crippen molar-refractivity contribution in [2.75, 3.05) is 6.54 Å². The highest BCUT2D eigenvalue weighted by Crippen LogP contribution is 2.32. The third kappa shape index (κ3) is 6.63. The average Bonchev–Trinajstić information content (AvgIpc) is 3.32. The summed E-state index contributed by atoms with van der Waals surface area (Å²) in [5, 5.41) is 0. The maximum Gasteiger partial charge on any atom is 0.140 e. The van der Waals surface area contributed by atoms with Crippen molar-refractivity contribution in [3.63, 3.8) is 0 Å². The van der Waals surface area contributed by atoms with Crippen molar-refractivity contribution in [2.24, 2.45) is 5.92 Å². The molecule has 0 N–H and O–H groups in total. The first-order valence-electron chi connectivity index (χ1n) is 14.7. The number of unbranched alkanes of at least 4 members (excludes halogenated alkanes) is 1. The molecule has 0 unspecified atom stereocenters. The Kier molecular flexibility index (Phi) is 9.09. The molecular weight excluding hydrogens is 462 g/mol. The highest BCUT2D eigenvalue weighted by molar-refractivity contribution is 5.68. The van der Waals surface area contributed by atoms with Crippen LogP contribution in [0.5, 0.6) is 0 Å². The molecular formula is C35H43N3. The molecule has 38 heavy (non-hydrogen) atoms. The number of hydrogen-bond acceptors (Lipinski definition) is 2. The molecule has 3 heteroatoms. The first-order chi connectivity index (χ1) is 18.7. The summed E-state index contributed by atoms with van der Waals surface area (Å²) < 4.78 is 2.53. The van der Waals surface area contributed by atoms with Crippen molar-refractivity contribution in [1.29, 1.82) is 0 Å². The van der Waals surface area contributed by atoms with Gasteiger partial charge in [-0.2, -0.15) is 0 Å². The van der Waals surface area contributed by atoms with E-state index in [1.54, 1.807) is 0 Å². The number of aryl methyl sites for hydroxylation is 1. The summed E-state index contributed by atoms with van der Waals surface area (Å²) in [6.07, 6.45) is 9.20. The summed E-state index contributed by atoms with van der Waals surface area (Å²) in [5.41, 5.74) is 7.62. The van der Waals surface area contributed by atoms with E-state index in [-0.39, 0.29) is 0 Å². The summed E-state index contributed by atoms with van der Waals surface area (Å²) in [4.78, 5) is 8.07. The fraction of sp³-hybridized carbons (Fsp3) is 0.400. The van der Waals surface area contributed by atoms with Gasteiger partial charge in [0.15, 0.2) is 0 Å². The lowest BCUT2D eigenvalue weighted by molar-refractivity contribution is 0.183. The molecule has 1 aliphatic carbocycles. The minimum absolute atomic E-state index is 0.787. The molecule has 4 aromatic rings. The van der Waals surface area contributed by atoms with Crippen LogP contribution in [-0.4, -0.2) is 21.0 Å². The van der Waals surface area contributed by atoms with Gasteiger partial charge in [0.1, 0.15) is 5.82 Å². The van der Waals surface area contributed by atoms with Gasteiger partial charge in [0.2, 0.25) is 0 Å². The van der Waals surface area contributed by atoms with Crippen molar-refractivity contribution in [2.45, 2.75) is 78.4 Å². The van der Waals surface area contributed by atoms with Crippen LogP contribution in [0.1, 0.15) is 68.7 Å². The highest BCUT2D eigenvalue weighted by Gasteiger charge is 2.24. The van der Waals surface area contributed by atoms with Crippen LogP contribution >= 0.6 is 0 Å². The maximum atomic E-state index is 5.36. The van der Waals surface area contributed by atoms with E-state index >= 15 is 0 Å². The minimum Gasteiger partial charge on any atom is -0.326 e. The molecule has 3 aromatic carbocycles. The van der Waals surface area contributed by atoms with E-state index < -0.39 is 0 Å². The third-order valence-corrected chi connectivity index (χ3v) is 8.03. The molecule has 0 amide bonds. The van der Waals surface area contributed by atoms with Gasteiger partial charge in [-0.15, -0.1) is 0 Å². The number of benzene rings is 3. The Morgan fingerprint density at radius 3 is 2.11 bits per heavy atom. The molecule has 0 spiro atoms. The average molecular weight is 506 g/mol. The van der Waals surface area contributed by atoms with Crippen LogP contribution in [0.25, 0.3) is 22.6 Å². The molecule has 1 saturated carbocycles. The summed E-state index contributed by atoms with van der Waals surface area (Å²) in [6, 6.07) is 30.7. The Bertz CT molecular complexity index is 1250. The molecule has 0 atom stereocenters. The Morgan fingerprint density at radius 2 is 1.45 bits per heavy atom. The molecule has 0 aliphatic heterocycles. The Morgan fingerprint density at radius 1 is 0.789 bits per heavy atom. The van der Waals surface area contributed by atoms with Gasteiger partial charge in [-0.3, -0.25) is 4.90 Å². The van der Waals surface area contributed by atoms with E-state index in [0.717, 1.165) is 50.0 Å². The van der Waals surface area contributed by atoms with E-state index in [1.807, 2.05) is 0 Å². The highest BCUT2D eigenvalue weighted by atomic mass is 15.2. The SMILES string of the molecule is CCCCn1c(-c2ccccc2)nc(-c2ccccc2)c1CN(Cc1ccc(C)cc1)CC1CCCCC1. The van der Waals surface area contributed by atoms with Crippen molar-refractivity contribution in [3.8, 4) is 22.6 Å². The summed E-state index contributed by atoms with van der Waals surface area (Å²) in [6.45, 7) is 8.50. The maximum absolute atomic E-state index is 5.36. The predicted octanol–water partition coefficient (Wildman–Crippen LogP) is 8.91. The second-order valence-electron chi connectivity index (χ2n) is 11.1. The monoisotopic (exact) mass is 505 g/mol. The number of imidazole rings is 1. The van der Waals surface area contributed by atoms with E-state index in [0.29, 0.717) is 0 Å². The van der Waals surface area contributed by atoms with E-state index in [2.05, 4.69) is 108 Å². The van der Waals surface area contributed by atoms with Crippen molar-refractivity contribution in [3.05, 3.63) is 102 Å². The first kappa shape index (κ1) is 26.4. The van der Waals surface area contributed by atoms with Crippen LogP contribution in [0.15, 0.2) is 84.9 Å². The van der Waals surface area contributed by atoms with E-state index in [4.69, 9.17) is 4.98 Å². The van der Waals surface area contributed by atoms with Gasteiger partial charge in [0, 0.05) is 37.3 Å². The van der Waals surface area contributed by atoms with Crippen molar-refractivity contribution in [1.82, 2.24) is 14.5 Å². The topological polar surface area (TPSA) is 21.1 Å². The van der Waals surface area contributed by atoms with Gasteiger partial charge in [-0.25, -0.2) is 4.98 Å². The summed E-state index contributed by atoms with van der Waals surface area (Å²) >= 11 is 0. The van der Waals surface area contributed by atoms with Crippen molar-refractivity contribution >= 4 is 0 Å². The number of hydrogen-bond donors (Lipinski definition) is 0. The molecule has 0 bridgehead atoms. The first-order valence-corrected chi connectivity index (χ1v) is 14.7. The van der Waals surface area contributed by atoms with Crippen LogP contribution in [0.3, 0.4) is 0 Å². The second-order valence-corrected chi connectivity index (χ2v) is 11.1. The fourth-order valence-electron chi connectivity index (χ4n) is 5.92. The molecule has 0 radical (unpaired) electrons. The lowest BCUT2D eigenvalue weighted by atomic mass is 9.89. The van der Waals surface area contributed by atoms with E-state index in [1.165, 1.54) is 66.5 Å². The van der Waals surface area contributed by atoms with Gasteiger partial charge in [-0.1, -0.05) is 123 Å². The minimum atomic E-state index is 0.787. The molecule has 1 aliphatic rings. The number of nitrogens with zero attached hydrogens (tertiary/aromatic N) is 3. The summed E-state index contributed by atoms with van der Waals surface area (Å²) in [5.74, 6) is 1.89. The van der Waals surface area contributed by atoms with Crippen LogP contribution < -0.4 is 0 Å². The fourth-order valence-corrected chi connectivity index (χ4v) is 5.92. The molecule has 5 rings (SSSR count). The molecule has 198 valence electrons. The largest absolute Gasteiger partial charge is 0.326 e. The van der Waals surface area contributed by atoms with Crippen LogP contribution in [0, 0.1) is 12.8 Å². The number of rotatable bonds is 11. The third-order valence-electron chi connectivity index (χ3n) is 8.03. The molecule has 1 fully saturated rings. The van der Waals surface area contributed by atoms with Crippen LogP contribution in [-0.2, 0) is 19.6 Å². The molecule has 0 saturated heterocycles. The zero-order chi connectivity index (χ0) is 26.2. The Hall–Kier alpha value is -3.17. The van der Waals surface area contributed by atoms with Gasteiger partial charge in [-0.05, 0) is 37.7 Å². The zero-order valence-electron chi connectivity index (χ0n) is 23.3. The second kappa shape index (κ2) is 13.1. The van der Waals surface area contributed by atoms with Gasteiger partial charge < -0.3 is 4.57 Å². The zero-order valence-corrected chi connectivity index (χ0v) is 23.3. The van der Waals surface area contributed by atoms with E-state index in [9.17, 15) is 0 Å². The Labute approximate surface area is 229 Å². The predicted molar refractivity (Wildman–Crippen MR) is 160 cm³/mol. The lowest BCUT2D eigenvalue weighted by Gasteiger charge is -2.30. The van der Waals surface area contributed by atoms with Crippen molar-refractivity contribution < 1.29 is 0 Å². The molecule has 3 nitrogen and oxygen atoms in total. The van der Waals surface area contributed by atoms with Gasteiger partial charge in [0.25, 0.3) is 0 Å². The van der Waals surface area contributed by atoms with Gasteiger partial charge >= 0.3 is 0 Å². The van der Waals surface area contributed by atoms with Crippen LogP contribution in [0.2, 0.25) is 0 Å².